The highest BCUT2D eigenvalue weighted by Gasteiger charge is 2.33. The minimum Gasteiger partial charge on any atom is -0.504 e. The summed E-state index contributed by atoms with van der Waals surface area (Å²) in [6.45, 7) is 3.67. The largest absolute Gasteiger partial charge is 0.504 e. The lowest BCUT2D eigenvalue weighted by Crippen LogP contribution is -2.39. The van der Waals surface area contributed by atoms with E-state index in [0.29, 0.717) is 36.9 Å². The van der Waals surface area contributed by atoms with Crippen molar-refractivity contribution in [3.8, 4) is 11.5 Å². The number of benzene rings is 2. The normalized spacial score (nSPS) is 15.8. The molecule has 2 heterocycles. The number of aromatic nitrogens is 1. The van der Waals surface area contributed by atoms with Crippen molar-refractivity contribution in [2.24, 2.45) is 4.99 Å². The zero-order valence-corrected chi connectivity index (χ0v) is 19.7. The number of hydrogen-bond donors (Lipinski definition) is 1. The molecule has 0 fully saturated rings. The van der Waals surface area contributed by atoms with Crippen molar-refractivity contribution in [3.63, 3.8) is 0 Å². The lowest BCUT2D eigenvalue weighted by Gasteiger charge is -2.24. The maximum Gasteiger partial charge on any atom is 0.338 e. The third-order valence-corrected chi connectivity index (χ3v) is 6.44. The smallest absolute Gasteiger partial charge is 0.338 e. The Kier molecular flexibility index (Phi) is 6.40. The first-order valence-electron chi connectivity index (χ1n) is 10.2. The average molecular weight is 485 g/mol. The molecule has 7 nitrogen and oxygen atoms in total. The molecular formula is C24H21ClN2O5S. The Bertz CT molecular complexity index is 1440. The fourth-order valence-corrected chi connectivity index (χ4v) is 4.86. The van der Waals surface area contributed by atoms with Crippen LogP contribution in [0, 0.1) is 0 Å². The van der Waals surface area contributed by atoms with E-state index in [1.54, 1.807) is 56.3 Å². The van der Waals surface area contributed by atoms with Gasteiger partial charge in [0.05, 0.1) is 35.6 Å². The summed E-state index contributed by atoms with van der Waals surface area (Å²) in [5.74, 6) is -0.208. The van der Waals surface area contributed by atoms with E-state index < -0.39 is 12.0 Å². The number of hydrogen-bond acceptors (Lipinski definition) is 7. The van der Waals surface area contributed by atoms with E-state index >= 15 is 0 Å². The number of carbonyl (C=O) groups excluding carboxylic acids is 1. The quantitative estimate of drug-likeness (QED) is 0.562. The number of phenols is 1. The van der Waals surface area contributed by atoms with Crippen LogP contribution in [0.25, 0.3) is 6.08 Å². The van der Waals surface area contributed by atoms with Crippen LogP contribution in [0.4, 0.5) is 0 Å². The van der Waals surface area contributed by atoms with Crippen molar-refractivity contribution in [1.29, 1.82) is 0 Å². The van der Waals surface area contributed by atoms with E-state index in [4.69, 9.17) is 21.1 Å². The molecule has 33 heavy (non-hydrogen) atoms. The molecule has 170 valence electrons. The Hall–Kier alpha value is -3.36. The number of fused-ring (bicyclic) bond motifs is 1. The monoisotopic (exact) mass is 484 g/mol. The Labute approximate surface area is 198 Å². The molecule has 3 aromatic rings. The zero-order chi connectivity index (χ0) is 23.7. The minimum absolute atomic E-state index is 0.00792. The summed E-state index contributed by atoms with van der Waals surface area (Å²) >= 11 is 7.29. The lowest BCUT2D eigenvalue weighted by atomic mass is 9.96. The van der Waals surface area contributed by atoms with Crippen LogP contribution in [0.3, 0.4) is 0 Å². The van der Waals surface area contributed by atoms with E-state index in [2.05, 4.69) is 4.99 Å². The van der Waals surface area contributed by atoms with E-state index in [-0.39, 0.29) is 17.9 Å². The average Bonchev–Trinajstić information content (AvgIpc) is 3.09. The van der Waals surface area contributed by atoms with Gasteiger partial charge in [0, 0.05) is 5.02 Å². The van der Waals surface area contributed by atoms with Crippen LogP contribution in [-0.4, -0.2) is 29.4 Å². The van der Waals surface area contributed by atoms with Crippen molar-refractivity contribution in [1.82, 2.24) is 4.57 Å². The molecule has 1 atom stereocenters. The summed E-state index contributed by atoms with van der Waals surface area (Å²) in [5.41, 5.74) is 1.91. The number of ether oxygens (including phenoxy) is 2. The predicted molar refractivity (Wildman–Crippen MR) is 127 cm³/mol. The Morgan fingerprint density at radius 1 is 1.27 bits per heavy atom. The first-order chi connectivity index (χ1) is 15.8. The summed E-state index contributed by atoms with van der Waals surface area (Å²) in [6, 6.07) is 11.1. The molecule has 2 aromatic carbocycles. The topological polar surface area (TPSA) is 90.1 Å². The molecular weight excluding hydrogens is 464 g/mol. The highest BCUT2D eigenvalue weighted by molar-refractivity contribution is 7.07. The summed E-state index contributed by atoms with van der Waals surface area (Å²) in [7, 11) is 1.46. The Balaban J connectivity index is 1.94. The van der Waals surface area contributed by atoms with Crippen LogP contribution in [-0.2, 0) is 9.53 Å². The van der Waals surface area contributed by atoms with Gasteiger partial charge in [-0.3, -0.25) is 9.36 Å². The van der Waals surface area contributed by atoms with Crippen LogP contribution in [0.5, 0.6) is 11.5 Å². The van der Waals surface area contributed by atoms with Gasteiger partial charge >= 0.3 is 5.97 Å². The van der Waals surface area contributed by atoms with Gasteiger partial charge in [-0.1, -0.05) is 41.1 Å². The van der Waals surface area contributed by atoms with Gasteiger partial charge in [-0.25, -0.2) is 9.79 Å². The summed E-state index contributed by atoms with van der Waals surface area (Å²) in [6.07, 6.45) is 1.70. The number of carbonyl (C=O) groups is 1. The number of methoxy groups -OCH3 is 1. The molecule has 4 rings (SSSR count). The molecule has 1 aliphatic heterocycles. The van der Waals surface area contributed by atoms with E-state index in [9.17, 15) is 14.7 Å². The van der Waals surface area contributed by atoms with Crippen molar-refractivity contribution >= 4 is 35.0 Å². The minimum atomic E-state index is -0.700. The number of esters is 1. The van der Waals surface area contributed by atoms with Gasteiger partial charge in [-0.05, 0) is 55.3 Å². The van der Waals surface area contributed by atoms with Crippen LogP contribution >= 0.6 is 22.9 Å². The first kappa shape index (κ1) is 22.8. The molecule has 0 saturated carbocycles. The fourth-order valence-electron chi connectivity index (χ4n) is 3.69. The van der Waals surface area contributed by atoms with Gasteiger partial charge in [0.25, 0.3) is 5.56 Å². The second-order valence-electron chi connectivity index (χ2n) is 7.29. The van der Waals surface area contributed by atoms with Crippen molar-refractivity contribution < 1.29 is 19.4 Å². The molecule has 1 aliphatic rings. The Morgan fingerprint density at radius 3 is 2.67 bits per heavy atom. The maximum atomic E-state index is 13.5. The molecule has 0 unspecified atom stereocenters. The predicted octanol–water partition coefficient (Wildman–Crippen LogP) is 3.17. The van der Waals surface area contributed by atoms with Gasteiger partial charge < -0.3 is 14.6 Å². The van der Waals surface area contributed by atoms with Crippen molar-refractivity contribution in [3.05, 3.63) is 89.6 Å². The number of aromatic hydroxyl groups is 1. The van der Waals surface area contributed by atoms with Gasteiger partial charge in [0.15, 0.2) is 16.3 Å². The third-order valence-electron chi connectivity index (χ3n) is 5.20. The Morgan fingerprint density at radius 2 is 2.00 bits per heavy atom. The van der Waals surface area contributed by atoms with Gasteiger partial charge in [-0.15, -0.1) is 0 Å². The van der Waals surface area contributed by atoms with Crippen molar-refractivity contribution in [2.75, 3.05) is 13.7 Å². The zero-order valence-electron chi connectivity index (χ0n) is 18.2. The summed E-state index contributed by atoms with van der Waals surface area (Å²) in [4.78, 5) is 31.4. The lowest BCUT2D eigenvalue weighted by molar-refractivity contribution is -0.139. The van der Waals surface area contributed by atoms with E-state index in [1.165, 1.54) is 29.1 Å². The number of phenolic OH excluding ortho intramolecular Hbond substituents is 1. The molecule has 0 bridgehead atoms. The van der Waals surface area contributed by atoms with Gasteiger partial charge in [0.2, 0.25) is 0 Å². The fraction of sp³-hybridized carbons (Fsp3) is 0.208. The second kappa shape index (κ2) is 9.25. The van der Waals surface area contributed by atoms with Crippen molar-refractivity contribution in [2.45, 2.75) is 19.9 Å². The molecule has 0 aliphatic carbocycles. The molecule has 1 N–H and O–H groups in total. The number of nitrogens with zero attached hydrogens (tertiary/aromatic N) is 2. The SMILES string of the molecule is CCOC(=O)C1=C(C)N=c2s/c(=C\c3ccc(O)c(OC)c3)c(=O)n2[C@@H]1c1ccc(Cl)cc1. The number of halogens is 1. The number of rotatable bonds is 5. The van der Waals surface area contributed by atoms with Crippen LogP contribution in [0.15, 0.2) is 63.5 Å². The third kappa shape index (κ3) is 4.31. The molecule has 1 aromatic heterocycles. The van der Waals surface area contributed by atoms with Crippen LogP contribution in [0.2, 0.25) is 5.02 Å². The maximum absolute atomic E-state index is 13.5. The first-order valence-corrected chi connectivity index (χ1v) is 11.4. The van der Waals surface area contributed by atoms with E-state index in [1.807, 2.05) is 0 Å². The highest BCUT2D eigenvalue weighted by Crippen LogP contribution is 2.31. The van der Waals surface area contributed by atoms with Crippen LogP contribution in [0.1, 0.15) is 31.0 Å². The molecule has 0 radical (unpaired) electrons. The van der Waals surface area contributed by atoms with Gasteiger partial charge in [0.1, 0.15) is 0 Å². The standard InChI is InChI=1S/C24H21ClN2O5S/c1-4-32-23(30)20-13(2)26-24-27(21(20)15-6-8-16(25)9-7-15)22(29)19(33-24)12-14-5-10-17(28)18(11-14)31-3/h5-12,21,28H,4H2,1-3H3/b19-12-/t21-/m1/s1. The van der Waals surface area contributed by atoms with Crippen LogP contribution < -0.4 is 19.6 Å². The summed E-state index contributed by atoms with van der Waals surface area (Å²) < 4.78 is 12.4. The molecule has 9 heteroatoms. The van der Waals surface area contributed by atoms with Gasteiger partial charge in [-0.2, -0.15) is 0 Å². The molecule has 0 amide bonds. The number of thiazole rings is 1. The summed E-state index contributed by atoms with van der Waals surface area (Å²) in [5, 5.41) is 10.4. The van der Waals surface area contributed by atoms with E-state index in [0.717, 1.165) is 5.56 Å². The number of allylic oxidation sites excluding steroid dienone is 1. The molecule has 0 saturated heterocycles. The second-order valence-corrected chi connectivity index (χ2v) is 8.73. The highest BCUT2D eigenvalue weighted by atomic mass is 35.5. The molecule has 0 spiro atoms.